The van der Waals surface area contributed by atoms with Crippen molar-refractivity contribution in [3.05, 3.63) is 46.2 Å². The van der Waals surface area contributed by atoms with Crippen molar-refractivity contribution in [2.45, 2.75) is 0 Å². The Hall–Kier alpha value is -2.98. The highest BCUT2D eigenvalue weighted by molar-refractivity contribution is 8.04. The topological polar surface area (TPSA) is 89.5 Å². The summed E-state index contributed by atoms with van der Waals surface area (Å²) in [5.74, 6) is 2.88. The predicted octanol–water partition coefficient (Wildman–Crippen LogP) is 3.83. The van der Waals surface area contributed by atoms with Gasteiger partial charge in [-0.15, -0.1) is 0 Å². The molecule has 2 atom stereocenters. The molecule has 0 spiro atoms. The molecule has 0 heterocycles. The quantitative estimate of drug-likeness (QED) is 0.438. The number of rotatable bonds is 12. The molecule has 0 aromatic heterocycles. The van der Waals surface area contributed by atoms with Gasteiger partial charge in [-0.2, -0.15) is 0 Å². The van der Waals surface area contributed by atoms with Crippen LogP contribution in [0.4, 0.5) is 0 Å². The van der Waals surface area contributed by atoms with Crippen molar-refractivity contribution >= 4 is 33.8 Å². The zero-order valence-corrected chi connectivity index (χ0v) is 21.0. The Morgan fingerprint density at radius 2 is 0.879 bits per heavy atom. The summed E-state index contributed by atoms with van der Waals surface area (Å²) in [5.41, 5.74) is 1.41. The Bertz CT molecular complexity index is 929. The Morgan fingerprint density at radius 1 is 0.576 bits per heavy atom. The van der Waals surface area contributed by atoms with Crippen molar-refractivity contribution in [3.8, 4) is 34.5 Å². The second-order valence-electron chi connectivity index (χ2n) is 6.40. The first kappa shape index (κ1) is 26.3. The molecule has 180 valence electrons. The second-order valence-corrected chi connectivity index (χ2v) is 9.41. The number of hydrogen-bond acceptors (Lipinski definition) is 8. The lowest BCUT2D eigenvalue weighted by Gasteiger charge is -2.12. The van der Waals surface area contributed by atoms with Crippen molar-refractivity contribution in [2.24, 2.45) is 0 Å². The summed E-state index contributed by atoms with van der Waals surface area (Å²) < 4.78 is 56.7. The van der Waals surface area contributed by atoms with Gasteiger partial charge in [0.25, 0.3) is 0 Å². The maximum absolute atomic E-state index is 12.4. The van der Waals surface area contributed by atoms with Gasteiger partial charge in [0.2, 0.25) is 11.5 Å². The summed E-state index contributed by atoms with van der Waals surface area (Å²) in [6.45, 7) is 0. The normalized spacial score (nSPS) is 13.0. The highest BCUT2D eigenvalue weighted by atomic mass is 32.2. The molecule has 0 amide bonds. The Labute approximate surface area is 199 Å². The van der Waals surface area contributed by atoms with E-state index in [1.54, 1.807) is 36.4 Å². The molecule has 0 fully saturated rings. The zero-order valence-electron chi connectivity index (χ0n) is 19.4. The average molecular weight is 497 g/mol. The Morgan fingerprint density at radius 3 is 1.12 bits per heavy atom. The number of hydrogen-bond donors (Lipinski definition) is 0. The standard InChI is InChI=1S/C23H28O8S2/c1-26-18-11-16(12-19(27-2)22(18)30-5)7-9-32(24)15-33(25)10-8-17-13-20(28-3)23(31-6)21(14-17)29-4/h7-14H,15H2,1-6H3. The first-order valence-corrected chi connectivity index (χ1v) is 12.4. The third-order valence-corrected chi connectivity index (χ3v) is 7.17. The Balaban J connectivity index is 2.10. The molecule has 33 heavy (non-hydrogen) atoms. The first-order valence-electron chi connectivity index (χ1n) is 9.61. The second kappa shape index (κ2) is 12.9. The van der Waals surface area contributed by atoms with E-state index in [2.05, 4.69) is 0 Å². The van der Waals surface area contributed by atoms with Gasteiger partial charge in [0.05, 0.1) is 64.3 Å². The maximum Gasteiger partial charge on any atom is 0.203 e. The van der Waals surface area contributed by atoms with E-state index in [0.29, 0.717) is 45.6 Å². The van der Waals surface area contributed by atoms with E-state index in [1.807, 2.05) is 0 Å². The van der Waals surface area contributed by atoms with Gasteiger partial charge < -0.3 is 28.4 Å². The van der Waals surface area contributed by atoms with Crippen LogP contribution >= 0.6 is 0 Å². The van der Waals surface area contributed by atoms with E-state index in [1.165, 1.54) is 53.5 Å². The van der Waals surface area contributed by atoms with Gasteiger partial charge in [-0.25, -0.2) is 0 Å². The van der Waals surface area contributed by atoms with E-state index in [4.69, 9.17) is 28.4 Å². The lowest BCUT2D eigenvalue weighted by molar-refractivity contribution is 0.324. The van der Waals surface area contributed by atoms with Crippen LogP contribution in [0.25, 0.3) is 12.2 Å². The number of benzene rings is 2. The predicted molar refractivity (Wildman–Crippen MR) is 131 cm³/mol. The molecule has 0 aliphatic carbocycles. The lowest BCUT2D eigenvalue weighted by atomic mass is 10.2. The van der Waals surface area contributed by atoms with Crippen LogP contribution in [0.5, 0.6) is 34.5 Å². The van der Waals surface area contributed by atoms with E-state index in [0.717, 1.165) is 0 Å². The van der Waals surface area contributed by atoms with Gasteiger partial charge in [-0.1, -0.05) is 0 Å². The summed E-state index contributed by atoms with van der Waals surface area (Å²) in [6, 6.07) is 6.93. The van der Waals surface area contributed by atoms with E-state index in [-0.39, 0.29) is 5.08 Å². The van der Waals surface area contributed by atoms with Crippen LogP contribution in [0.15, 0.2) is 35.1 Å². The molecular weight excluding hydrogens is 468 g/mol. The van der Waals surface area contributed by atoms with E-state index >= 15 is 0 Å². The van der Waals surface area contributed by atoms with Gasteiger partial charge >= 0.3 is 0 Å². The third kappa shape index (κ3) is 7.00. The monoisotopic (exact) mass is 496 g/mol. The van der Waals surface area contributed by atoms with Gasteiger partial charge in [0.15, 0.2) is 23.0 Å². The molecule has 0 N–H and O–H groups in total. The zero-order chi connectivity index (χ0) is 24.4. The molecule has 0 saturated heterocycles. The summed E-state index contributed by atoms with van der Waals surface area (Å²) in [7, 11) is 6.19. The van der Waals surface area contributed by atoms with Gasteiger partial charge in [0.1, 0.15) is 5.08 Å². The minimum Gasteiger partial charge on any atom is -0.493 e. The van der Waals surface area contributed by atoms with Gasteiger partial charge in [-0.3, -0.25) is 8.42 Å². The minimum atomic E-state index is -1.46. The molecule has 0 radical (unpaired) electrons. The lowest BCUT2D eigenvalue weighted by Crippen LogP contribution is -1.99. The van der Waals surface area contributed by atoms with Crippen molar-refractivity contribution in [2.75, 3.05) is 47.7 Å². The highest BCUT2D eigenvalue weighted by Crippen LogP contribution is 2.39. The molecule has 2 unspecified atom stereocenters. The van der Waals surface area contributed by atoms with Gasteiger partial charge in [-0.05, 0) is 47.5 Å². The average Bonchev–Trinajstić information content (AvgIpc) is 2.84. The van der Waals surface area contributed by atoms with E-state index < -0.39 is 21.6 Å². The minimum absolute atomic E-state index is 0.0537. The molecule has 0 saturated carbocycles. The molecule has 2 aromatic carbocycles. The van der Waals surface area contributed by atoms with Crippen molar-refractivity contribution in [3.63, 3.8) is 0 Å². The fraction of sp³-hybridized carbons (Fsp3) is 0.304. The van der Waals surface area contributed by atoms with Crippen LogP contribution in [0.2, 0.25) is 0 Å². The fourth-order valence-electron chi connectivity index (χ4n) is 2.90. The van der Waals surface area contributed by atoms with E-state index in [9.17, 15) is 8.42 Å². The Kier molecular flexibility index (Phi) is 10.3. The number of methoxy groups -OCH3 is 6. The van der Waals surface area contributed by atoms with Gasteiger partial charge in [0, 0.05) is 10.8 Å². The van der Waals surface area contributed by atoms with Crippen LogP contribution in [0.3, 0.4) is 0 Å². The molecule has 10 heteroatoms. The summed E-state index contributed by atoms with van der Waals surface area (Å²) in [6.07, 6.45) is 3.31. The van der Waals surface area contributed by atoms with Crippen LogP contribution in [-0.4, -0.2) is 56.2 Å². The first-order chi connectivity index (χ1) is 15.9. The largest absolute Gasteiger partial charge is 0.493 e. The molecule has 0 bridgehead atoms. The molecule has 2 aromatic rings. The van der Waals surface area contributed by atoms with Crippen LogP contribution in [0.1, 0.15) is 11.1 Å². The molecule has 0 aliphatic heterocycles. The number of ether oxygens (including phenoxy) is 6. The van der Waals surface area contributed by atoms with Crippen molar-refractivity contribution in [1.29, 1.82) is 0 Å². The fourth-order valence-corrected chi connectivity index (χ4v) is 5.06. The van der Waals surface area contributed by atoms with Crippen LogP contribution < -0.4 is 28.4 Å². The maximum atomic E-state index is 12.4. The molecule has 2 rings (SSSR count). The van der Waals surface area contributed by atoms with Crippen molar-refractivity contribution < 1.29 is 36.8 Å². The summed E-state index contributed by atoms with van der Waals surface area (Å²) in [5, 5.41) is 2.90. The highest BCUT2D eigenvalue weighted by Gasteiger charge is 2.13. The SMILES string of the molecule is COc1cc(C=CS(=O)CS(=O)C=Cc2cc(OC)c(OC)c(OC)c2)cc(OC)c1OC. The molecule has 8 nitrogen and oxygen atoms in total. The molecule has 0 aliphatic rings. The van der Waals surface area contributed by atoms with Crippen molar-refractivity contribution in [1.82, 2.24) is 0 Å². The summed E-state index contributed by atoms with van der Waals surface area (Å²) >= 11 is 0. The third-order valence-electron chi connectivity index (χ3n) is 4.43. The van der Waals surface area contributed by atoms with Crippen LogP contribution in [-0.2, 0) is 21.6 Å². The van der Waals surface area contributed by atoms with Crippen LogP contribution in [0, 0.1) is 0 Å². The summed E-state index contributed by atoms with van der Waals surface area (Å²) in [4.78, 5) is 0. The molecular formula is C23H28O8S2. The smallest absolute Gasteiger partial charge is 0.203 e.